The molecule has 3 heterocycles. The molecular weight excluding hydrogens is 469 g/mol. The van der Waals surface area contributed by atoms with Crippen molar-refractivity contribution in [2.24, 2.45) is 0 Å². The van der Waals surface area contributed by atoms with Gasteiger partial charge in [-0.05, 0) is 79.5 Å². The maximum absolute atomic E-state index is 13.3. The first-order valence-electron chi connectivity index (χ1n) is 12.3. The summed E-state index contributed by atoms with van der Waals surface area (Å²) in [6.07, 6.45) is 6.15. The average Bonchev–Trinajstić information content (AvgIpc) is 3.57. The molecule has 8 nitrogen and oxygen atoms in total. The van der Waals surface area contributed by atoms with Crippen LogP contribution in [-0.4, -0.2) is 39.1 Å². The van der Waals surface area contributed by atoms with Crippen molar-refractivity contribution >= 4 is 28.3 Å². The molecule has 3 aromatic carbocycles. The highest BCUT2D eigenvalue weighted by atomic mass is 19.1. The highest BCUT2D eigenvalue weighted by molar-refractivity contribution is 6.00. The number of hydrogen-bond donors (Lipinski definition) is 4. The van der Waals surface area contributed by atoms with E-state index in [1.807, 2.05) is 30.5 Å². The fraction of sp³-hybridized carbons (Fsp3) is 0.179. The van der Waals surface area contributed by atoms with E-state index in [4.69, 9.17) is 0 Å². The number of fused-ring (bicyclic) bond motifs is 1. The molecule has 9 heteroatoms. The summed E-state index contributed by atoms with van der Waals surface area (Å²) in [5, 5.41) is 22.2. The van der Waals surface area contributed by atoms with E-state index in [2.05, 4.69) is 60.3 Å². The number of aromatic amines is 1. The summed E-state index contributed by atoms with van der Waals surface area (Å²) in [6, 6.07) is 19.5. The lowest BCUT2D eigenvalue weighted by Crippen LogP contribution is -2.29. The van der Waals surface area contributed by atoms with Crippen LogP contribution in [0.3, 0.4) is 0 Å². The molecule has 0 atom stereocenters. The zero-order valence-corrected chi connectivity index (χ0v) is 20.0. The fourth-order valence-corrected chi connectivity index (χ4v) is 4.76. The van der Waals surface area contributed by atoms with Crippen molar-refractivity contribution < 1.29 is 9.18 Å². The van der Waals surface area contributed by atoms with Gasteiger partial charge in [0, 0.05) is 28.5 Å². The Bertz CT molecular complexity index is 1550. The van der Waals surface area contributed by atoms with Crippen LogP contribution in [0.25, 0.3) is 33.3 Å². The smallest absolute Gasteiger partial charge is 0.317 e. The molecule has 4 N–H and O–H groups in total. The molecule has 5 aromatic rings. The number of anilines is 2. The van der Waals surface area contributed by atoms with Crippen LogP contribution in [0.1, 0.15) is 18.9 Å². The van der Waals surface area contributed by atoms with E-state index in [1.165, 1.54) is 12.1 Å². The highest BCUT2D eigenvalue weighted by Gasteiger charge is 2.18. The molecule has 1 aliphatic rings. The van der Waals surface area contributed by atoms with Gasteiger partial charge in [-0.3, -0.25) is 9.78 Å². The SMILES string of the molecule is O=C(Nc1ccc(-c2ccc3c(-c4cnn(C5CCNCC5)c4)n[nH]c3c2)cc1)Nc1cccc(F)c1. The van der Waals surface area contributed by atoms with Crippen LogP contribution in [-0.2, 0) is 0 Å². The quantitative estimate of drug-likeness (QED) is 0.248. The van der Waals surface area contributed by atoms with Crippen LogP contribution in [0.2, 0.25) is 0 Å². The number of urea groups is 1. The van der Waals surface area contributed by atoms with Crippen molar-refractivity contribution in [3.63, 3.8) is 0 Å². The molecule has 1 saturated heterocycles. The van der Waals surface area contributed by atoms with Crippen molar-refractivity contribution in [1.82, 2.24) is 25.3 Å². The number of benzene rings is 3. The van der Waals surface area contributed by atoms with Crippen molar-refractivity contribution in [2.45, 2.75) is 18.9 Å². The molecule has 0 bridgehead atoms. The maximum atomic E-state index is 13.3. The summed E-state index contributed by atoms with van der Waals surface area (Å²) in [5.74, 6) is -0.407. The topological polar surface area (TPSA) is 99.7 Å². The van der Waals surface area contributed by atoms with E-state index in [1.54, 1.807) is 12.1 Å². The van der Waals surface area contributed by atoms with Crippen molar-refractivity contribution in [3.05, 3.63) is 84.9 Å². The number of amides is 2. The van der Waals surface area contributed by atoms with Crippen LogP contribution in [0.15, 0.2) is 79.1 Å². The Morgan fingerprint density at radius 3 is 2.51 bits per heavy atom. The van der Waals surface area contributed by atoms with Gasteiger partial charge in [0.2, 0.25) is 0 Å². The predicted molar refractivity (Wildman–Crippen MR) is 143 cm³/mol. The molecule has 1 fully saturated rings. The summed E-state index contributed by atoms with van der Waals surface area (Å²) in [5.41, 5.74) is 5.90. The van der Waals surface area contributed by atoms with E-state index in [0.29, 0.717) is 17.4 Å². The van der Waals surface area contributed by atoms with E-state index in [-0.39, 0.29) is 0 Å². The van der Waals surface area contributed by atoms with Crippen LogP contribution >= 0.6 is 0 Å². The molecular formula is C28H26FN7O. The third-order valence-corrected chi connectivity index (χ3v) is 6.68. The number of nitrogens with one attached hydrogen (secondary N) is 4. The molecule has 0 unspecified atom stereocenters. The molecule has 0 radical (unpaired) electrons. The standard InChI is InChI=1S/C28H26FN7O/c29-21-2-1-3-23(15-21)33-28(37)32-22-7-4-18(5-8-22)19-6-9-25-26(14-19)34-35-27(25)20-16-31-36(17-20)24-10-12-30-13-11-24/h1-9,14-17,24,30H,10-13H2,(H,34,35)(H2,32,33,37). The largest absolute Gasteiger partial charge is 0.323 e. The Labute approximate surface area is 212 Å². The Morgan fingerprint density at radius 1 is 0.919 bits per heavy atom. The van der Waals surface area contributed by atoms with Gasteiger partial charge in [-0.25, -0.2) is 9.18 Å². The number of carbonyl (C=O) groups is 1. The zero-order chi connectivity index (χ0) is 25.2. The summed E-state index contributed by atoms with van der Waals surface area (Å²) >= 11 is 0. The monoisotopic (exact) mass is 495 g/mol. The van der Waals surface area contributed by atoms with Gasteiger partial charge < -0.3 is 16.0 Å². The summed E-state index contributed by atoms with van der Waals surface area (Å²) < 4.78 is 15.4. The molecule has 1 aliphatic heterocycles. The summed E-state index contributed by atoms with van der Waals surface area (Å²) in [4.78, 5) is 12.2. The van der Waals surface area contributed by atoms with Crippen LogP contribution in [0.4, 0.5) is 20.6 Å². The van der Waals surface area contributed by atoms with E-state index < -0.39 is 11.8 Å². The van der Waals surface area contributed by atoms with Crippen molar-refractivity contribution in [2.75, 3.05) is 23.7 Å². The van der Waals surface area contributed by atoms with Gasteiger partial charge in [0.1, 0.15) is 11.5 Å². The van der Waals surface area contributed by atoms with Gasteiger partial charge in [-0.1, -0.05) is 24.3 Å². The number of halogens is 1. The second-order valence-electron chi connectivity index (χ2n) is 9.19. The number of H-pyrrole nitrogens is 1. The van der Waals surface area contributed by atoms with Crippen LogP contribution < -0.4 is 16.0 Å². The Morgan fingerprint density at radius 2 is 1.70 bits per heavy atom. The van der Waals surface area contributed by atoms with Crippen molar-refractivity contribution in [3.8, 4) is 22.4 Å². The number of piperidine rings is 1. The van der Waals surface area contributed by atoms with Crippen LogP contribution in [0, 0.1) is 5.82 Å². The van der Waals surface area contributed by atoms with Crippen LogP contribution in [0.5, 0.6) is 0 Å². The predicted octanol–water partition coefficient (Wildman–Crippen LogP) is 5.80. The molecule has 2 amide bonds. The average molecular weight is 496 g/mol. The molecule has 0 aliphatic carbocycles. The fourth-order valence-electron chi connectivity index (χ4n) is 4.76. The zero-order valence-electron chi connectivity index (χ0n) is 20.0. The Kier molecular flexibility index (Phi) is 6.11. The normalized spacial score (nSPS) is 14.1. The molecule has 2 aromatic heterocycles. The second-order valence-corrected chi connectivity index (χ2v) is 9.19. The van der Waals surface area contributed by atoms with E-state index in [9.17, 15) is 9.18 Å². The molecule has 0 spiro atoms. The minimum absolute atomic E-state index is 0.389. The molecule has 0 saturated carbocycles. The third kappa shape index (κ3) is 4.94. The number of carbonyl (C=O) groups excluding carboxylic acids is 1. The lowest BCUT2D eigenvalue weighted by atomic mass is 10.0. The van der Waals surface area contributed by atoms with Gasteiger partial charge in [-0.2, -0.15) is 10.2 Å². The third-order valence-electron chi connectivity index (χ3n) is 6.68. The van der Waals surface area contributed by atoms with Gasteiger partial charge >= 0.3 is 6.03 Å². The minimum atomic E-state index is -0.437. The highest BCUT2D eigenvalue weighted by Crippen LogP contribution is 2.31. The summed E-state index contributed by atoms with van der Waals surface area (Å²) in [6.45, 7) is 2.04. The first kappa shape index (κ1) is 22.9. The van der Waals surface area contributed by atoms with Gasteiger partial charge in [0.05, 0.1) is 17.8 Å². The first-order valence-corrected chi connectivity index (χ1v) is 12.3. The molecule has 186 valence electrons. The van der Waals surface area contributed by atoms with Gasteiger partial charge in [0.15, 0.2) is 0 Å². The Hall–Kier alpha value is -4.50. The number of aromatic nitrogens is 4. The number of rotatable bonds is 5. The molecule has 6 rings (SSSR count). The van der Waals surface area contributed by atoms with Gasteiger partial charge in [0.25, 0.3) is 0 Å². The van der Waals surface area contributed by atoms with E-state index >= 15 is 0 Å². The number of nitrogens with zero attached hydrogens (tertiary/aromatic N) is 3. The molecule has 37 heavy (non-hydrogen) atoms. The lowest BCUT2D eigenvalue weighted by Gasteiger charge is -2.22. The second kappa shape index (κ2) is 9.87. The lowest BCUT2D eigenvalue weighted by molar-refractivity contribution is 0.262. The van der Waals surface area contributed by atoms with Crippen molar-refractivity contribution in [1.29, 1.82) is 0 Å². The first-order chi connectivity index (χ1) is 18.1. The minimum Gasteiger partial charge on any atom is -0.317 e. The van der Waals surface area contributed by atoms with E-state index in [0.717, 1.165) is 59.2 Å². The Balaban J connectivity index is 1.16. The van der Waals surface area contributed by atoms with Gasteiger partial charge in [-0.15, -0.1) is 0 Å². The maximum Gasteiger partial charge on any atom is 0.323 e. The number of hydrogen-bond acceptors (Lipinski definition) is 4. The summed E-state index contributed by atoms with van der Waals surface area (Å²) in [7, 11) is 0.